The average molecular weight is 190 g/mol. The third-order valence-electron chi connectivity index (χ3n) is 2.20. The number of nitriles is 1. The van der Waals surface area contributed by atoms with Crippen LogP contribution < -0.4 is 5.73 Å². The van der Waals surface area contributed by atoms with Crippen molar-refractivity contribution in [3.8, 4) is 6.07 Å². The quantitative estimate of drug-likeness (QED) is 0.744. The molecule has 14 heavy (non-hydrogen) atoms. The number of hydrogen-bond donors (Lipinski definition) is 2. The normalized spacial score (nSPS) is 14.4. The van der Waals surface area contributed by atoms with Crippen LogP contribution in [0.4, 0.5) is 0 Å². The van der Waals surface area contributed by atoms with Crippen molar-refractivity contribution in [3.05, 3.63) is 35.4 Å². The lowest BCUT2D eigenvalue weighted by Crippen LogP contribution is -2.36. The third-order valence-corrected chi connectivity index (χ3v) is 2.20. The van der Waals surface area contributed by atoms with Gasteiger partial charge in [0, 0.05) is 0 Å². The molecule has 1 aromatic carbocycles. The van der Waals surface area contributed by atoms with Gasteiger partial charge in [-0.1, -0.05) is 24.3 Å². The van der Waals surface area contributed by atoms with Crippen molar-refractivity contribution < 1.29 is 5.11 Å². The Bertz CT molecular complexity index is 353. The largest absolute Gasteiger partial charge is 0.394 e. The first-order valence-corrected chi connectivity index (χ1v) is 4.46. The van der Waals surface area contributed by atoms with Crippen LogP contribution in [0.1, 0.15) is 18.1 Å². The highest BCUT2D eigenvalue weighted by Gasteiger charge is 2.19. The van der Waals surface area contributed by atoms with Gasteiger partial charge in [0.05, 0.1) is 24.6 Å². The van der Waals surface area contributed by atoms with Crippen LogP contribution in [0.2, 0.25) is 0 Å². The van der Waals surface area contributed by atoms with Crippen molar-refractivity contribution in [2.45, 2.75) is 18.9 Å². The molecule has 0 bridgehead atoms. The van der Waals surface area contributed by atoms with Crippen LogP contribution in [-0.2, 0) is 12.0 Å². The fourth-order valence-electron chi connectivity index (χ4n) is 1.22. The summed E-state index contributed by atoms with van der Waals surface area (Å²) >= 11 is 0. The fraction of sp³-hybridized carbons (Fsp3) is 0.364. The predicted octanol–water partition coefficient (Wildman–Crippen LogP) is 0.919. The van der Waals surface area contributed by atoms with Crippen LogP contribution in [0.25, 0.3) is 0 Å². The molecule has 0 aliphatic carbocycles. The number of nitrogens with two attached hydrogens (primary N) is 1. The van der Waals surface area contributed by atoms with Crippen molar-refractivity contribution >= 4 is 0 Å². The smallest absolute Gasteiger partial charge is 0.0669 e. The molecule has 0 aliphatic heterocycles. The third kappa shape index (κ3) is 2.32. The molecule has 0 aromatic heterocycles. The van der Waals surface area contributed by atoms with E-state index in [1.165, 1.54) is 0 Å². The minimum Gasteiger partial charge on any atom is -0.394 e. The van der Waals surface area contributed by atoms with Crippen molar-refractivity contribution in [1.29, 1.82) is 5.26 Å². The highest BCUT2D eigenvalue weighted by atomic mass is 16.3. The van der Waals surface area contributed by atoms with Gasteiger partial charge in [-0.2, -0.15) is 5.26 Å². The molecule has 0 radical (unpaired) electrons. The molecule has 3 N–H and O–H groups in total. The Balaban J connectivity index is 3.00. The number of hydrogen-bond acceptors (Lipinski definition) is 3. The SMILES string of the molecule is CC(N)(CO)c1cccc(CC#N)c1. The zero-order valence-corrected chi connectivity index (χ0v) is 8.20. The van der Waals surface area contributed by atoms with E-state index in [9.17, 15) is 0 Å². The van der Waals surface area contributed by atoms with Gasteiger partial charge >= 0.3 is 0 Å². The Labute approximate surface area is 83.8 Å². The van der Waals surface area contributed by atoms with Crippen molar-refractivity contribution in [1.82, 2.24) is 0 Å². The number of benzene rings is 1. The monoisotopic (exact) mass is 190 g/mol. The summed E-state index contributed by atoms with van der Waals surface area (Å²) in [5.74, 6) is 0. The molecule has 0 heterocycles. The Kier molecular flexibility index (Phi) is 3.23. The highest BCUT2D eigenvalue weighted by Crippen LogP contribution is 2.18. The van der Waals surface area contributed by atoms with E-state index in [-0.39, 0.29) is 6.61 Å². The zero-order chi connectivity index (χ0) is 10.6. The fourth-order valence-corrected chi connectivity index (χ4v) is 1.22. The lowest BCUT2D eigenvalue weighted by Gasteiger charge is -2.22. The van der Waals surface area contributed by atoms with E-state index >= 15 is 0 Å². The Morgan fingerprint density at radius 3 is 2.86 bits per heavy atom. The van der Waals surface area contributed by atoms with Crippen LogP contribution in [0.5, 0.6) is 0 Å². The van der Waals surface area contributed by atoms with Gasteiger partial charge in [0.2, 0.25) is 0 Å². The Hall–Kier alpha value is -1.37. The molecule has 74 valence electrons. The first-order chi connectivity index (χ1) is 6.60. The molecule has 0 amide bonds. The van der Waals surface area contributed by atoms with Crippen LogP contribution in [0.15, 0.2) is 24.3 Å². The van der Waals surface area contributed by atoms with E-state index in [0.29, 0.717) is 6.42 Å². The molecule has 1 aromatic rings. The molecule has 1 unspecified atom stereocenters. The van der Waals surface area contributed by atoms with Gasteiger partial charge in [-0.25, -0.2) is 0 Å². The summed E-state index contributed by atoms with van der Waals surface area (Å²) in [6.07, 6.45) is 0.370. The van der Waals surface area contributed by atoms with E-state index in [1.807, 2.05) is 24.3 Å². The molecule has 0 saturated carbocycles. The van der Waals surface area contributed by atoms with Gasteiger partial charge in [-0.3, -0.25) is 0 Å². The molecular formula is C11H14N2O. The van der Waals surface area contributed by atoms with Crippen LogP contribution in [0.3, 0.4) is 0 Å². The lowest BCUT2D eigenvalue weighted by molar-refractivity contribution is 0.210. The molecule has 0 fully saturated rings. The molecule has 3 heteroatoms. The molecule has 0 saturated heterocycles. The van der Waals surface area contributed by atoms with Gasteiger partial charge in [-0.05, 0) is 18.1 Å². The minimum absolute atomic E-state index is 0.108. The van der Waals surface area contributed by atoms with Crippen LogP contribution in [-0.4, -0.2) is 11.7 Å². The van der Waals surface area contributed by atoms with E-state index in [2.05, 4.69) is 6.07 Å². The number of aliphatic hydroxyl groups is 1. The molecular weight excluding hydrogens is 176 g/mol. The van der Waals surface area contributed by atoms with E-state index in [0.717, 1.165) is 11.1 Å². The minimum atomic E-state index is -0.731. The second-order valence-corrected chi connectivity index (χ2v) is 3.61. The maximum absolute atomic E-state index is 9.08. The summed E-state index contributed by atoms with van der Waals surface area (Å²) in [5, 5.41) is 17.6. The molecule has 1 rings (SSSR count). The average Bonchev–Trinajstić information content (AvgIpc) is 2.19. The zero-order valence-electron chi connectivity index (χ0n) is 8.20. The number of nitrogens with zero attached hydrogens (tertiary/aromatic N) is 1. The summed E-state index contributed by atoms with van der Waals surface area (Å²) in [4.78, 5) is 0. The van der Waals surface area contributed by atoms with Gasteiger partial charge < -0.3 is 10.8 Å². The first-order valence-electron chi connectivity index (χ1n) is 4.46. The van der Waals surface area contributed by atoms with Gasteiger partial charge in [0.25, 0.3) is 0 Å². The second kappa shape index (κ2) is 4.23. The van der Waals surface area contributed by atoms with Crippen molar-refractivity contribution in [3.63, 3.8) is 0 Å². The predicted molar refractivity (Wildman–Crippen MR) is 54.4 cm³/mol. The second-order valence-electron chi connectivity index (χ2n) is 3.61. The standard InChI is InChI=1S/C11H14N2O/c1-11(13,8-14)10-4-2-3-9(7-10)5-6-12/h2-4,7,14H,5,8,13H2,1H3. The Morgan fingerprint density at radius 1 is 1.57 bits per heavy atom. The number of rotatable bonds is 3. The van der Waals surface area contributed by atoms with E-state index < -0.39 is 5.54 Å². The van der Waals surface area contributed by atoms with Crippen molar-refractivity contribution in [2.24, 2.45) is 5.73 Å². The highest BCUT2D eigenvalue weighted by molar-refractivity contribution is 5.30. The summed E-state index contributed by atoms with van der Waals surface area (Å²) < 4.78 is 0. The van der Waals surface area contributed by atoms with Crippen molar-refractivity contribution in [2.75, 3.05) is 6.61 Å². The first kappa shape index (κ1) is 10.7. The van der Waals surface area contributed by atoms with Gasteiger partial charge in [0.1, 0.15) is 0 Å². The van der Waals surface area contributed by atoms with E-state index in [4.69, 9.17) is 16.1 Å². The molecule has 0 spiro atoms. The lowest BCUT2D eigenvalue weighted by atomic mass is 9.92. The maximum atomic E-state index is 9.08. The van der Waals surface area contributed by atoms with Gasteiger partial charge in [-0.15, -0.1) is 0 Å². The summed E-state index contributed by atoms with van der Waals surface area (Å²) in [7, 11) is 0. The molecule has 3 nitrogen and oxygen atoms in total. The van der Waals surface area contributed by atoms with Gasteiger partial charge in [0.15, 0.2) is 0 Å². The van der Waals surface area contributed by atoms with Crippen LogP contribution in [0, 0.1) is 11.3 Å². The summed E-state index contributed by atoms with van der Waals surface area (Å²) in [6.45, 7) is 1.65. The maximum Gasteiger partial charge on any atom is 0.0669 e. The summed E-state index contributed by atoms with van der Waals surface area (Å²) in [6, 6.07) is 9.52. The number of aliphatic hydroxyl groups excluding tert-OH is 1. The molecule has 1 atom stereocenters. The molecule has 0 aliphatic rings. The van der Waals surface area contributed by atoms with Crippen LogP contribution >= 0.6 is 0 Å². The van der Waals surface area contributed by atoms with E-state index in [1.54, 1.807) is 6.92 Å². The topological polar surface area (TPSA) is 70.0 Å². The summed E-state index contributed by atoms with van der Waals surface area (Å²) in [5.41, 5.74) is 6.92. The Morgan fingerprint density at radius 2 is 2.29 bits per heavy atom.